The number of fused-ring (bicyclic) bond motifs is 4. The summed E-state index contributed by atoms with van der Waals surface area (Å²) in [6, 6.07) is 12.1. The number of carbonyl (C=O) groups is 1. The van der Waals surface area contributed by atoms with Crippen LogP contribution < -0.4 is 24.1 Å². The lowest BCUT2D eigenvalue weighted by atomic mass is 9.92. The van der Waals surface area contributed by atoms with Gasteiger partial charge >= 0.3 is 0 Å². The summed E-state index contributed by atoms with van der Waals surface area (Å²) in [5.41, 5.74) is 4.35. The molecule has 0 saturated heterocycles. The standard InChI is InChI=1S/C27H22N4O4/c1-14-10-20(29-30(14)2)27(32)28-24-19-12-31-9-8-15-11-22-26(35-13-34-22)18-5-4-17(25(31)23(15)18)16(19)6-7-21(24)33-3/h4-7,10-12H,8-9,13H2,1-3H3/p+1. The van der Waals surface area contributed by atoms with Gasteiger partial charge in [0.05, 0.1) is 29.0 Å². The second kappa shape index (κ2) is 7.09. The maximum Gasteiger partial charge on any atom is 0.276 e. The van der Waals surface area contributed by atoms with Gasteiger partial charge in [0.25, 0.3) is 5.91 Å². The van der Waals surface area contributed by atoms with Crippen LogP contribution in [0.2, 0.25) is 0 Å². The van der Waals surface area contributed by atoms with E-state index in [2.05, 4.69) is 45.4 Å². The van der Waals surface area contributed by atoms with Crippen LogP contribution >= 0.6 is 0 Å². The molecule has 174 valence electrons. The average molecular weight is 468 g/mol. The number of anilines is 1. The first-order valence-electron chi connectivity index (χ1n) is 11.6. The predicted octanol–water partition coefficient (Wildman–Crippen LogP) is 4.02. The van der Waals surface area contributed by atoms with Crippen LogP contribution in [0.15, 0.2) is 42.6 Å². The van der Waals surface area contributed by atoms with Gasteiger partial charge in [-0.25, -0.2) is 0 Å². The third-order valence-corrected chi connectivity index (χ3v) is 7.19. The first-order valence-corrected chi connectivity index (χ1v) is 11.6. The Morgan fingerprint density at radius 1 is 1.11 bits per heavy atom. The highest BCUT2D eigenvalue weighted by Crippen LogP contribution is 2.45. The molecule has 0 bridgehead atoms. The van der Waals surface area contributed by atoms with E-state index >= 15 is 0 Å². The van der Waals surface area contributed by atoms with Crippen molar-refractivity contribution >= 4 is 44.0 Å². The summed E-state index contributed by atoms with van der Waals surface area (Å²) in [7, 11) is 3.44. The minimum absolute atomic E-state index is 0.252. The molecule has 2 aliphatic heterocycles. The van der Waals surface area contributed by atoms with Crippen LogP contribution in [0.25, 0.3) is 32.4 Å². The van der Waals surface area contributed by atoms with Crippen LogP contribution in [0.1, 0.15) is 21.7 Å². The molecule has 4 heterocycles. The molecule has 0 saturated carbocycles. The summed E-state index contributed by atoms with van der Waals surface area (Å²) in [4.78, 5) is 13.1. The Morgan fingerprint density at radius 3 is 2.74 bits per heavy atom. The number of aryl methyl sites for hydroxylation is 4. The summed E-state index contributed by atoms with van der Waals surface area (Å²) in [6.45, 7) is 2.99. The van der Waals surface area contributed by atoms with Crippen LogP contribution in [-0.4, -0.2) is 29.6 Å². The predicted molar refractivity (Wildman–Crippen MR) is 131 cm³/mol. The van der Waals surface area contributed by atoms with E-state index in [1.54, 1.807) is 17.9 Å². The second-order valence-electron chi connectivity index (χ2n) is 9.08. The monoisotopic (exact) mass is 467 g/mol. The molecule has 0 aliphatic carbocycles. The molecule has 0 atom stereocenters. The SMILES string of the molecule is COc1ccc2c(c[n+]3c4c2ccc2c5c(cc(c24)CC3)OCO5)c1NC(=O)c1cc(C)n(C)n1. The number of ether oxygens (including phenoxy) is 3. The number of pyridine rings is 1. The molecule has 0 radical (unpaired) electrons. The first kappa shape index (κ1) is 20.1. The zero-order chi connectivity index (χ0) is 23.8. The third kappa shape index (κ3) is 2.76. The average Bonchev–Trinajstić information content (AvgIpc) is 3.48. The third-order valence-electron chi connectivity index (χ3n) is 7.19. The number of nitrogens with zero attached hydrogens (tertiary/aromatic N) is 3. The zero-order valence-corrected chi connectivity index (χ0v) is 19.6. The minimum atomic E-state index is -0.272. The Morgan fingerprint density at radius 2 is 1.94 bits per heavy atom. The highest BCUT2D eigenvalue weighted by atomic mass is 16.7. The number of amides is 1. The molecular weight excluding hydrogens is 444 g/mol. The van der Waals surface area contributed by atoms with Gasteiger partial charge in [-0.2, -0.15) is 9.67 Å². The van der Waals surface area contributed by atoms with E-state index in [9.17, 15) is 4.79 Å². The number of hydrogen-bond donors (Lipinski definition) is 1. The van der Waals surface area contributed by atoms with Crippen LogP contribution in [0.4, 0.5) is 5.69 Å². The van der Waals surface area contributed by atoms with Gasteiger partial charge in [0, 0.05) is 29.9 Å². The van der Waals surface area contributed by atoms with Gasteiger partial charge in [-0.3, -0.25) is 9.48 Å². The lowest BCUT2D eigenvalue weighted by molar-refractivity contribution is -0.670. The maximum atomic E-state index is 13.1. The first-order chi connectivity index (χ1) is 17.0. The molecule has 0 fully saturated rings. The fourth-order valence-corrected chi connectivity index (χ4v) is 5.41. The Hall–Kier alpha value is -4.33. The van der Waals surface area contributed by atoms with Crippen molar-refractivity contribution in [2.45, 2.75) is 19.9 Å². The van der Waals surface area contributed by atoms with Crippen LogP contribution in [0.3, 0.4) is 0 Å². The highest BCUT2D eigenvalue weighted by molar-refractivity contribution is 6.19. The largest absolute Gasteiger partial charge is 0.495 e. The number of methoxy groups -OCH3 is 1. The van der Waals surface area contributed by atoms with Crippen molar-refractivity contribution < 1.29 is 23.6 Å². The van der Waals surface area contributed by atoms with Gasteiger partial charge in [-0.1, -0.05) is 0 Å². The van der Waals surface area contributed by atoms with Gasteiger partial charge in [-0.05, 0) is 48.9 Å². The Kier molecular flexibility index (Phi) is 4.06. The quantitative estimate of drug-likeness (QED) is 0.320. The van der Waals surface area contributed by atoms with Crippen LogP contribution in [-0.2, 0) is 20.0 Å². The number of carbonyl (C=O) groups excluding carboxylic acids is 1. The van der Waals surface area contributed by atoms with Crippen molar-refractivity contribution in [3.05, 3.63) is 59.5 Å². The molecule has 35 heavy (non-hydrogen) atoms. The summed E-state index contributed by atoms with van der Waals surface area (Å²) >= 11 is 0. The number of nitrogens with one attached hydrogen (secondary N) is 1. The van der Waals surface area contributed by atoms with E-state index in [1.165, 1.54) is 10.9 Å². The van der Waals surface area contributed by atoms with E-state index in [4.69, 9.17) is 14.2 Å². The smallest absolute Gasteiger partial charge is 0.276 e. The van der Waals surface area contributed by atoms with Crippen molar-refractivity contribution in [2.75, 3.05) is 19.2 Å². The van der Waals surface area contributed by atoms with Crippen molar-refractivity contribution in [2.24, 2.45) is 7.05 Å². The number of aromatic nitrogens is 3. The molecule has 1 N–H and O–H groups in total. The van der Waals surface area contributed by atoms with E-state index < -0.39 is 0 Å². The fourth-order valence-electron chi connectivity index (χ4n) is 5.41. The summed E-state index contributed by atoms with van der Waals surface area (Å²) in [5.74, 6) is 1.96. The molecule has 5 aromatic rings. The van der Waals surface area contributed by atoms with Crippen molar-refractivity contribution in [3.63, 3.8) is 0 Å². The van der Waals surface area contributed by atoms with Gasteiger partial charge in [0.15, 0.2) is 29.9 Å². The fraction of sp³-hybridized carbons (Fsp3) is 0.222. The lowest BCUT2D eigenvalue weighted by Gasteiger charge is -2.18. The van der Waals surface area contributed by atoms with E-state index in [0.29, 0.717) is 17.1 Å². The number of benzene rings is 3. The normalized spacial score (nSPS) is 13.8. The molecule has 1 amide bonds. The van der Waals surface area contributed by atoms with Crippen molar-refractivity contribution in [1.29, 1.82) is 0 Å². The Labute approximate surface area is 200 Å². The Bertz CT molecular complexity index is 1720. The lowest BCUT2D eigenvalue weighted by Crippen LogP contribution is -2.38. The van der Waals surface area contributed by atoms with Crippen LogP contribution in [0, 0.1) is 6.92 Å². The Balaban J connectivity index is 1.48. The number of rotatable bonds is 3. The summed E-state index contributed by atoms with van der Waals surface area (Å²) in [6.07, 6.45) is 3.00. The van der Waals surface area contributed by atoms with Gasteiger partial charge in [-0.15, -0.1) is 0 Å². The van der Waals surface area contributed by atoms with E-state index in [1.807, 2.05) is 20.0 Å². The second-order valence-corrected chi connectivity index (χ2v) is 9.08. The minimum Gasteiger partial charge on any atom is -0.495 e. The van der Waals surface area contributed by atoms with Crippen LogP contribution in [0.5, 0.6) is 17.2 Å². The summed E-state index contributed by atoms with van der Waals surface area (Å²) in [5, 5.41) is 12.7. The van der Waals surface area contributed by atoms with E-state index in [-0.39, 0.29) is 12.7 Å². The van der Waals surface area contributed by atoms with Gasteiger partial charge < -0.3 is 19.5 Å². The van der Waals surface area contributed by atoms with Crippen molar-refractivity contribution in [3.8, 4) is 17.2 Å². The number of hydrogen-bond acceptors (Lipinski definition) is 5. The highest BCUT2D eigenvalue weighted by Gasteiger charge is 2.30. The molecule has 0 spiro atoms. The maximum absolute atomic E-state index is 13.1. The van der Waals surface area contributed by atoms with Crippen molar-refractivity contribution in [1.82, 2.24) is 9.78 Å². The van der Waals surface area contributed by atoms with E-state index in [0.717, 1.165) is 57.2 Å². The molecule has 7 rings (SSSR count). The molecule has 3 aromatic carbocycles. The van der Waals surface area contributed by atoms with Gasteiger partial charge in [0.1, 0.15) is 5.75 Å². The molecule has 0 unspecified atom stereocenters. The molecule has 8 nitrogen and oxygen atoms in total. The van der Waals surface area contributed by atoms with Gasteiger partial charge in [0.2, 0.25) is 12.3 Å². The topological polar surface area (TPSA) is 78.5 Å². The molecule has 2 aromatic heterocycles. The molecule has 2 aliphatic rings. The summed E-state index contributed by atoms with van der Waals surface area (Å²) < 4.78 is 21.1. The zero-order valence-electron chi connectivity index (χ0n) is 19.6. The molecular formula is C27H23N4O4+. The molecule has 8 heteroatoms.